The molecule has 4 rings (SSSR count). The topological polar surface area (TPSA) is 52.1 Å². The average molecular weight is 430 g/mol. The fourth-order valence-corrected chi connectivity index (χ4v) is 4.21. The third kappa shape index (κ3) is 5.07. The molecule has 1 unspecified atom stereocenters. The van der Waals surface area contributed by atoms with Crippen LogP contribution in [-0.4, -0.2) is 58.4 Å². The molecule has 166 valence electrons. The molecule has 31 heavy (non-hydrogen) atoms. The van der Waals surface area contributed by atoms with Gasteiger partial charge in [0.2, 0.25) is 0 Å². The molecule has 2 heterocycles. The van der Waals surface area contributed by atoms with Crippen molar-refractivity contribution in [3.63, 3.8) is 0 Å². The summed E-state index contributed by atoms with van der Waals surface area (Å²) in [5.41, 5.74) is 2.44. The van der Waals surface area contributed by atoms with E-state index in [0.717, 1.165) is 32.7 Å². The summed E-state index contributed by atoms with van der Waals surface area (Å²) >= 11 is 0. The summed E-state index contributed by atoms with van der Waals surface area (Å²) in [5.74, 6) is -0.372. The highest BCUT2D eigenvalue weighted by Gasteiger charge is 2.27. The molecule has 1 atom stereocenters. The maximum Gasteiger partial charge on any atom is 0.191 e. The number of halogens is 2. The van der Waals surface area contributed by atoms with Crippen LogP contribution in [-0.2, 0) is 11.3 Å². The molecule has 2 N–H and O–H groups in total. The fourth-order valence-electron chi connectivity index (χ4n) is 4.21. The molecule has 0 radical (unpaired) electrons. The van der Waals surface area contributed by atoms with Crippen LogP contribution in [0.2, 0.25) is 0 Å². The molecule has 2 aromatic carbocycles. The minimum atomic E-state index is -0.525. The predicted molar refractivity (Wildman–Crippen MR) is 120 cm³/mol. The van der Waals surface area contributed by atoms with E-state index in [9.17, 15) is 8.78 Å². The predicted octanol–water partition coefficient (Wildman–Crippen LogP) is 2.75. The van der Waals surface area contributed by atoms with Crippen molar-refractivity contribution in [2.45, 2.75) is 19.0 Å². The third-order valence-electron chi connectivity index (χ3n) is 5.80. The number of morpholine rings is 1. The van der Waals surface area contributed by atoms with E-state index in [0.29, 0.717) is 25.6 Å². The molecule has 8 heteroatoms. The molecule has 2 aliphatic rings. The number of benzene rings is 2. The van der Waals surface area contributed by atoms with E-state index in [1.807, 2.05) is 6.07 Å². The van der Waals surface area contributed by atoms with Crippen LogP contribution in [0.25, 0.3) is 0 Å². The Kier molecular flexibility index (Phi) is 6.86. The molecule has 0 saturated carbocycles. The summed E-state index contributed by atoms with van der Waals surface area (Å²) < 4.78 is 33.7. The van der Waals surface area contributed by atoms with Crippen molar-refractivity contribution in [1.29, 1.82) is 0 Å². The number of ether oxygens (including phenoxy) is 1. The zero-order chi connectivity index (χ0) is 21.6. The van der Waals surface area contributed by atoms with Gasteiger partial charge in [0.15, 0.2) is 5.96 Å². The summed E-state index contributed by atoms with van der Waals surface area (Å²) in [6.45, 7) is 4.99. The highest BCUT2D eigenvalue weighted by atomic mass is 19.1. The Hall–Kier alpha value is -2.87. The van der Waals surface area contributed by atoms with E-state index in [1.165, 1.54) is 29.4 Å². The molecular formula is C23H29F2N5O. The maximum absolute atomic E-state index is 14.1. The van der Waals surface area contributed by atoms with Gasteiger partial charge in [-0.2, -0.15) is 0 Å². The van der Waals surface area contributed by atoms with E-state index in [2.05, 4.69) is 38.7 Å². The van der Waals surface area contributed by atoms with Gasteiger partial charge in [-0.25, -0.2) is 8.78 Å². The second-order valence-corrected chi connectivity index (χ2v) is 7.80. The van der Waals surface area contributed by atoms with Crippen LogP contribution in [0.3, 0.4) is 0 Å². The van der Waals surface area contributed by atoms with Crippen LogP contribution in [0, 0.1) is 11.6 Å². The number of aliphatic imine (C=N–C) groups is 1. The summed E-state index contributed by atoms with van der Waals surface area (Å²) in [6.07, 6.45) is 0.777. The first-order chi connectivity index (χ1) is 15.2. The van der Waals surface area contributed by atoms with Gasteiger partial charge in [-0.1, -0.05) is 24.3 Å². The number of nitrogens with one attached hydrogen (secondary N) is 2. The Balaban J connectivity index is 1.35. The molecule has 2 fully saturated rings. The number of rotatable bonds is 5. The first kappa shape index (κ1) is 21.4. The van der Waals surface area contributed by atoms with E-state index >= 15 is 0 Å². The SMILES string of the molecule is CN=C(NCc1ccccc1N1CCOCC1)NC1CCN(c2c(F)cccc2F)C1. The lowest BCUT2D eigenvalue weighted by Crippen LogP contribution is -2.44. The van der Waals surface area contributed by atoms with Gasteiger partial charge in [0, 0.05) is 51.5 Å². The minimum absolute atomic E-state index is 0.0502. The lowest BCUT2D eigenvalue weighted by Gasteiger charge is -2.30. The van der Waals surface area contributed by atoms with Gasteiger partial charge < -0.3 is 25.2 Å². The number of hydrogen-bond donors (Lipinski definition) is 2. The van der Waals surface area contributed by atoms with Gasteiger partial charge in [-0.3, -0.25) is 4.99 Å². The van der Waals surface area contributed by atoms with Gasteiger partial charge >= 0.3 is 0 Å². The van der Waals surface area contributed by atoms with Crippen LogP contribution in [0.1, 0.15) is 12.0 Å². The first-order valence-electron chi connectivity index (χ1n) is 10.7. The van der Waals surface area contributed by atoms with Crippen molar-refractivity contribution < 1.29 is 13.5 Å². The molecule has 0 spiro atoms. The zero-order valence-corrected chi connectivity index (χ0v) is 17.8. The largest absolute Gasteiger partial charge is 0.378 e. The lowest BCUT2D eigenvalue weighted by atomic mass is 10.1. The van der Waals surface area contributed by atoms with Crippen LogP contribution >= 0.6 is 0 Å². The number of nitrogens with zero attached hydrogens (tertiary/aromatic N) is 3. The second kappa shape index (κ2) is 9.96. The van der Waals surface area contributed by atoms with Crippen LogP contribution < -0.4 is 20.4 Å². The van der Waals surface area contributed by atoms with Crippen molar-refractivity contribution in [2.24, 2.45) is 4.99 Å². The van der Waals surface area contributed by atoms with E-state index in [1.54, 1.807) is 11.9 Å². The van der Waals surface area contributed by atoms with E-state index in [4.69, 9.17) is 4.74 Å². The number of hydrogen-bond acceptors (Lipinski definition) is 4. The monoisotopic (exact) mass is 429 g/mol. The van der Waals surface area contributed by atoms with Gasteiger partial charge in [0.25, 0.3) is 0 Å². The highest BCUT2D eigenvalue weighted by molar-refractivity contribution is 5.80. The van der Waals surface area contributed by atoms with Crippen LogP contribution in [0.5, 0.6) is 0 Å². The normalized spacial score (nSPS) is 19.6. The number of para-hydroxylation sites is 2. The summed E-state index contributed by atoms with van der Waals surface area (Å²) in [6, 6.07) is 12.4. The molecule has 2 aliphatic heterocycles. The number of guanidine groups is 1. The molecule has 0 amide bonds. The first-order valence-corrected chi connectivity index (χ1v) is 10.7. The Bertz CT molecular complexity index is 896. The molecule has 0 bridgehead atoms. The smallest absolute Gasteiger partial charge is 0.191 e. The van der Waals surface area contributed by atoms with Crippen molar-refractivity contribution in [3.8, 4) is 0 Å². The molecule has 0 aromatic heterocycles. The summed E-state index contributed by atoms with van der Waals surface area (Å²) in [5, 5.41) is 6.78. The molecule has 0 aliphatic carbocycles. The van der Waals surface area contributed by atoms with Crippen LogP contribution in [0.4, 0.5) is 20.2 Å². The Morgan fingerprint density at radius 1 is 1.03 bits per heavy atom. The van der Waals surface area contributed by atoms with Crippen molar-refractivity contribution in [1.82, 2.24) is 10.6 Å². The van der Waals surface area contributed by atoms with Crippen molar-refractivity contribution in [2.75, 3.05) is 56.2 Å². The van der Waals surface area contributed by atoms with Crippen molar-refractivity contribution >= 4 is 17.3 Å². The Morgan fingerprint density at radius 3 is 2.52 bits per heavy atom. The minimum Gasteiger partial charge on any atom is -0.378 e. The number of anilines is 2. The summed E-state index contributed by atoms with van der Waals surface area (Å²) in [7, 11) is 1.73. The second-order valence-electron chi connectivity index (χ2n) is 7.80. The van der Waals surface area contributed by atoms with E-state index in [-0.39, 0.29) is 11.7 Å². The van der Waals surface area contributed by atoms with Gasteiger partial charge in [0.1, 0.15) is 17.3 Å². The molecule has 2 aromatic rings. The molecule has 6 nitrogen and oxygen atoms in total. The Labute approximate surface area is 181 Å². The molecule has 2 saturated heterocycles. The Morgan fingerprint density at radius 2 is 1.77 bits per heavy atom. The van der Waals surface area contributed by atoms with Crippen molar-refractivity contribution in [3.05, 3.63) is 59.7 Å². The lowest BCUT2D eigenvalue weighted by molar-refractivity contribution is 0.122. The fraction of sp³-hybridized carbons (Fsp3) is 0.435. The quantitative estimate of drug-likeness (QED) is 0.566. The standard InChI is InChI=1S/C23H29F2N5O/c1-26-23(27-15-17-5-2-3-8-21(17)29-11-13-31-14-12-29)28-18-9-10-30(16-18)22-19(24)6-4-7-20(22)25/h2-8,18H,9-16H2,1H3,(H2,26,27,28). The van der Waals surface area contributed by atoms with Gasteiger partial charge in [0.05, 0.1) is 13.2 Å². The van der Waals surface area contributed by atoms with E-state index < -0.39 is 11.6 Å². The maximum atomic E-state index is 14.1. The summed E-state index contributed by atoms with van der Waals surface area (Å²) in [4.78, 5) is 8.43. The zero-order valence-electron chi connectivity index (χ0n) is 17.8. The molecular weight excluding hydrogens is 400 g/mol. The highest BCUT2D eigenvalue weighted by Crippen LogP contribution is 2.27. The average Bonchev–Trinajstić information content (AvgIpc) is 3.25. The van der Waals surface area contributed by atoms with Gasteiger partial charge in [-0.15, -0.1) is 0 Å². The van der Waals surface area contributed by atoms with Gasteiger partial charge in [-0.05, 0) is 30.2 Å². The van der Waals surface area contributed by atoms with Crippen LogP contribution in [0.15, 0.2) is 47.5 Å². The third-order valence-corrected chi connectivity index (χ3v) is 5.80.